The van der Waals surface area contributed by atoms with Gasteiger partial charge in [-0.2, -0.15) is 4.37 Å². The van der Waals surface area contributed by atoms with E-state index in [0.717, 1.165) is 4.34 Å². The summed E-state index contributed by atoms with van der Waals surface area (Å²) in [7, 11) is 0. The number of thioether (sulfide) groups is 1. The fourth-order valence-electron chi connectivity index (χ4n) is 1.23. The molecule has 1 rings (SSSR count). The second-order valence-electron chi connectivity index (χ2n) is 3.93. The molecule has 2 N–H and O–H groups in total. The van der Waals surface area contributed by atoms with Crippen LogP contribution in [0.25, 0.3) is 0 Å². The highest BCUT2D eigenvalue weighted by molar-refractivity contribution is 8.01. The molecule has 0 aromatic carbocycles. The minimum Gasteiger partial charge on any atom is -0.480 e. The number of carboxylic acids is 1. The molecule has 7 heteroatoms. The Morgan fingerprint density at radius 2 is 2.44 bits per heavy atom. The molecule has 1 heterocycles. The highest BCUT2D eigenvalue weighted by atomic mass is 32.2. The van der Waals surface area contributed by atoms with Crippen molar-refractivity contribution in [3.8, 4) is 0 Å². The third kappa shape index (κ3) is 3.73. The molecule has 0 spiro atoms. The maximum Gasteiger partial charge on any atom is 0.324 e. The van der Waals surface area contributed by atoms with Gasteiger partial charge in [-0.3, -0.25) is 10.1 Å². The monoisotopic (exact) mass is 261 g/mol. The molecule has 90 valence electrons. The van der Waals surface area contributed by atoms with E-state index < -0.39 is 11.5 Å². The van der Waals surface area contributed by atoms with Gasteiger partial charge in [0.05, 0.1) is 0 Å². The predicted molar refractivity (Wildman–Crippen MR) is 64.9 cm³/mol. The first-order valence-electron chi connectivity index (χ1n) is 4.84. The first-order valence-corrected chi connectivity index (χ1v) is 6.60. The first-order chi connectivity index (χ1) is 7.44. The summed E-state index contributed by atoms with van der Waals surface area (Å²) in [5.41, 5.74) is -0.940. The van der Waals surface area contributed by atoms with Gasteiger partial charge in [0.2, 0.25) is 0 Å². The molecule has 0 fully saturated rings. The van der Waals surface area contributed by atoms with Crippen LogP contribution < -0.4 is 5.32 Å². The number of nitrogens with one attached hydrogen (secondary N) is 1. The fourth-order valence-corrected chi connectivity index (χ4v) is 2.77. The van der Waals surface area contributed by atoms with Crippen LogP contribution in [0, 0.1) is 0 Å². The van der Waals surface area contributed by atoms with Crippen LogP contribution >= 0.6 is 23.3 Å². The van der Waals surface area contributed by atoms with Gasteiger partial charge < -0.3 is 5.11 Å². The minimum atomic E-state index is -0.940. The molecule has 0 radical (unpaired) electrons. The van der Waals surface area contributed by atoms with Gasteiger partial charge in [-0.1, -0.05) is 11.8 Å². The van der Waals surface area contributed by atoms with Crippen LogP contribution in [0.15, 0.2) is 10.7 Å². The zero-order chi connectivity index (χ0) is 12.2. The van der Waals surface area contributed by atoms with Crippen molar-refractivity contribution in [1.82, 2.24) is 14.7 Å². The second kappa shape index (κ2) is 5.60. The third-order valence-corrected chi connectivity index (χ3v) is 4.02. The number of nitrogens with zero attached hydrogens (tertiary/aromatic N) is 2. The number of hydrogen-bond acceptors (Lipinski definition) is 6. The van der Waals surface area contributed by atoms with Crippen molar-refractivity contribution in [2.24, 2.45) is 0 Å². The Morgan fingerprint density at radius 1 is 1.75 bits per heavy atom. The Kier molecular flexibility index (Phi) is 4.69. The van der Waals surface area contributed by atoms with Crippen LogP contribution in [0.2, 0.25) is 0 Å². The van der Waals surface area contributed by atoms with E-state index >= 15 is 0 Å². The van der Waals surface area contributed by atoms with Gasteiger partial charge in [0.15, 0.2) is 4.34 Å². The smallest absolute Gasteiger partial charge is 0.324 e. The molecule has 0 aliphatic heterocycles. The zero-order valence-electron chi connectivity index (χ0n) is 9.43. The van der Waals surface area contributed by atoms with Crippen molar-refractivity contribution >= 4 is 29.3 Å². The van der Waals surface area contributed by atoms with E-state index in [2.05, 4.69) is 14.7 Å². The molecular weight excluding hydrogens is 246 g/mol. The predicted octanol–water partition coefficient (Wildman–Crippen LogP) is 1.47. The number of carboxylic acid groups (broad SMARTS) is 1. The zero-order valence-corrected chi connectivity index (χ0v) is 11.1. The molecule has 1 atom stereocenters. The molecule has 5 nitrogen and oxygen atoms in total. The summed E-state index contributed by atoms with van der Waals surface area (Å²) in [5, 5.41) is 12.3. The molecule has 0 bridgehead atoms. The van der Waals surface area contributed by atoms with Crippen LogP contribution in [-0.2, 0) is 4.79 Å². The molecular formula is C9H15N3O2S2. The van der Waals surface area contributed by atoms with Crippen LogP contribution in [0.5, 0.6) is 0 Å². The van der Waals surface area contributed by atoms with Crippen molar-refractivity contribution in [2.45, 2.75) is 36.7 Å². The van der Waals surface area contributed by atoms with Crippen LogP contribution in [0.3, 0.4) is 0 Å². The molecule has 0 amide bonds. The van der Waals surface area contributed by atoms with E-state index in [1.165, 1.54) is 29.6 Å². The summed E-state index contributed by atoms with van der Waals surface area (Å²) in [5.74, 6) is -0.423. The topological polar surface area (TPSA) is 75.1 Å². The summed E-state index contributed by atoms with van der Waals surface area (Å²) in [6, 6.07) is 0.121. The van der Waals surface area contributed by atoms with Crippen LogP contribution in [-0.4, -0.2) is 37.8 Å². The standard InChI is InChI=1S/C9H15N3O2S2/c1-6(2)12-9(3,7(13)14)4-15-8-10-5-11-16-8/h5-6,12H,4H2,1-3H3,(H,13,14). The van der Waals surface area contributed by atoms with Crippen LogP contribution in [0.4, 0.5) is 0 Å². The number of carbonyl (C=O) groups is 1. The Hall–Kier alpha value is -0.660. The van der Waals surface area contributed by atoms with Gasteiger partial charge in [-0.15, -0.1) is 0 Å². The van der Waals surface area contributed by atoms with Crippen LogP contribution in [0.1, 0.15) is 20.8 Å². The van der Waals surface area contributed by atoms with E-state index in [-0.39, 0.29) is 6.04 Å². The molecule has 0 saturated carbocycles. The number of aliphatic carboxylic acids is 1. The summed E-state index contributed by atoms with van der Waals surface area (Å²) < 4.78 is 4.66. The van der Waals surface area contributed by atoms with Gasteiger partial charge in [-0.25, -0.2) is 4.98 Å². The number of aromatic nitrogens is 2. The Morgan fingerprint density at radius 3 is 2.88 bits per heavy atom. The van der Waals surface area contributed by atoms with Crippen molar-refractivity contribution in [3.63, 3.8) is 0 Å². The van der Waals surface area contributed by atoms with Crippen molar-refractivity contribution in [1.29, 1.82) is 0 Å². The summed E-state index contributed by atoms with van der Waals surface area (Å²) >= 11 is 2.68. The maximum absolute atomic E-state index is 11.2. The average Bonchev–Trinajstić information content (AvgIpc) is 2.65. The van der Waals surface area contributed by atoms with Gasteiger partial charge in [-0.05, 0) is 32.3 Å². The molecule has 0 aliphatic carbocycles. The fraction of sp³-hybridized carbons (Fsp3) is 0.667. The number of hydrogen-bond donors (Lipinski definition) is 2. The Labute approximate surface area is 103 Å². The van der Waals surface area contributed by atoms with Crippen molar-refractivity contribution < 1.29 is 9.90 Å². The maximum atomic E-state index is 11.2. The highest BCUT2D eigenvalue weighted by Crippen LogP contribution is 2.23. The molecule has 1 unspecified atom stereocenters. The molecule has 1 aromatic rings. The van der Waals surface area contributed by atoms with E-state index in [4.69, 9.17) is 0 Å². The third-order valence-electron chi connectivity index (χ3n) is 1.90. The quantitative estimate of drug-likeness (QED) is 0.755. The Balaban J connectivity index is 2.61. The summed E-state index contributed by atoms with van der Waals surface area (Å²) in [6.07, 6.45) is 1.47. The largest absolute Gasteiger partial charge is 0.480 e. The summed E-state index contributed by atoms with van der Waals surface area (Å²) in [6.45, 7) is 5.54. The number of rotatable bonds is 6. The average molecular weight is 261 g/mol. The van der Waals surface area contributed by atoms with Gasteiger partial charge in [0.25, 0.3) is 0 Å². The lowest BCUT2D eigenvalue weighted by atomic mass is 10.1. The lowest BCUT2D eigenvalue weighted by Gasteiger charge is -2.27. The minimum absolute atomic E-state index is 0.121. The molecule has 16 heavy (non-hydrogen) atoms. The van der Waals surface area contributed by atoms with E-state index in [0.29, 0.717) is 5.75 Å². The van der Waals surface area contributed by atoms with E-state index in [1.807, 2.05) is 13.8 Å². The van der Waals surface area contributed by atoms with E-state index in [9.17, 15) is 9.90 Å². The molecule has 1 aromatic heterocycles. The van der Waals surface area contributed by atoms with Crippen molar-refractivity contribution in [3.05, 3.63) is 6.33 Å². The van der Waals surface area contributed by atoms with Crippen molar-refractivity contribution in [2.75, 3.05) is 5.75 Å². The second-order valence-corrected chi connectivity index (χ2v) is 5.93. The van der Waals surface area contributed by atoms with Gasteiger partial charge >= 0.3 is 5.97 Å². The first kappa shape index (κ1) is 13.4. The lowest BCUT2D eigenvalue weighted by Crippen LogP contribution is -2.54. The van der Waals surface area contributed by atoms with E-state index in [1.54, 1.807) is 6.92 Å². The highest BCUT2D eigenvalue weighted by Gasteiger charge is 2.33. The van der Waals surface area contributed by atoms with Gasteiger partial charge in [0, 0.05) is 11.8 Å². The normalized spacial score (nSPS) is 15.0. The SMILES string of the molecule is CC(C)NC(C)(CSc1ncns1)C(=O)O. The Bertz CT molecular complexity index is 343. The lowest BCUT2D eigenvalue weighted by molar-refractivity contribution is -0.143. The van der Waals surface area contributed by atoms with Gasteiger partial charge in [0.1, 0.15) is 11.9 Å². The molecule has 0 saturated heterocycles. The molecule has 0 aliphatic rings. The summed E-state index contributed by atoms with van der Waals surface area (Å²) in [4.78, 5) is 15.2.